The Morgan fingerprint density at radius 3 is 2.10 bits per heavy atom. The minimum atomic E-state index is -4.74. The van der Waals surface area contributed by atoms with Crippen molar-refractivity contribution in [2.45, 2.75) is 20.8 Å². The van der Waals surface area contributed by atoms with Gasteiger partial charge in [-0.25, -0.2) is 0 Å². The molecule has 0 aliphatic rings. The first-order valence-electron chi connectivity index (χ1n) is 5.19. The molecule has 10 heteroatoms. The topological polar surface area (TPSA) is 33.1 Å². The Hall–Kier alpha value is -1.29. The predicted molar refractivity (Wildman–Crippen MR) is 67.2 cm³/mol. The molecule has 2 nitrogen and oxygen atoms in total. The van der Waals surface area contributed by atoms with Crippen LogP contribution in [-0.4, -0.2) is 21.1 Å². The van der Waals surface area contributed by atoms with E-state index in [9.17, 15) is 31.4 Å². The maximum Gasteiger partial charge on any atom is 0.446 e. The molecular formula is C11H5F6NOS2. The first-order chi connectivity index (χ1) is 9.57. The van der Waals surface area contributed by atoms with Crippen molar-refractivity contribution in [3.63, 3.8) is 0 Å². The van der Waals surface area contributed by atoms with E-state index in [1.165, 1.54) is 18.3 Å². The lowest BCUT2D eigenvalue weighted by molar-refractivity contribution is -0.0334. The lowest BCUT2D eigenvalue weighted by Gasteiger charge is -2.13. The molecule has 0 spiro atoms. The Labute approximate surface area is 122 Å². The van der Waals surface area contributed by atoms with Crippen molar-refractivity contribution in [3.8, 4) is 5.75 Å². The fourth-order valence-electron chi connectivity index (χ4n) is 1.59. The second-order valence-corrected chi connectivity index (χ2v) is 5.93. The van der Waals surface area contributed by atoms with Crippen molar-refractivity contribution in [2.24, 2.45) is 0 Å². The van der Waals surface area contributed by atoms with E-state index in [1.807, 2.05) is 0 Å². The minimum Gasteiger partial charge on any atom is -0.505 e. The van der Waals surface area contributed by atoms with Gasteiger partial charge in [0.05, 0.1) is 4.90 Å². The average molecular weight is 345 g/mol. The second-order valence-electron chi connectivity index (χ2n) is 3.72. The second kappa shape index (κ2) is 5.48. The highest BCUT2D eigenvalue weighted by Crippen LogP contribution is 2.48. The molecule has 0 atom stereocenters. The van der Waals surface area contributed by atoms with Gasteiger partial charge in [0.25, 0.3) is 0 Å². The molecular weight excluding hydrogens is 340 g/mol. The number of phenols is 1. The molecule has 1 heterocycles. The normalized spacial score (nSPS) is 12.9. The van der Waals surface area contributed by atoms with Crippen LogP contribution >= 0.6 is 23.5 Å². The van der Waals surface area contributed by atoms with Gasteiger partial charge in [0.1, 0.15) is 5.52 Å². The third-order valence-electron chi connectivity index (χ3n) is 2.24. The van der Waals surface area contributed by atoms with Crippen molar-refractivity contribution in [1.29, 1.82) is 0 Å². The van der Waals surface area contributed by atoms with Gasteiger partial charge in [-0.3, -0.25) is 4.98 Å². The molecule has 2 aromatic rings. The van der Waals surface area contributed by atoms with Gasteiger partial charge in [0, 0.05) is 16.5 Å². The molecule has 0 aliphatic carbocycles. The summed E-state index contributed by atoms with van der Waals surface area (Å²) < 4.78 is 74.7. The number of pyridine rings is 1. The molecule has 1 N–H and O–H groups in total. The van der Waals surface area contributed by atoms with Gasteiger partial charge in [-0.2, -0.15) is 26.3 Å². The van der Waals surface area contributed by atoms with Crippen LogP contribution in [0, 0.1) is 0 Å². The first kappa shape index (κ1) is 16.1. The Balaban J connectivity index is 2.63. The van der Waals surface area contributed by atoms with Crippen LogP contribution in [0.1, 0.15) is 0 Å². The summed E-state index contributed by atoms with van der Waals surface area (Å²) in [4.78, 5) is 2.48. The third kappa shape index (κ3) is 4.10. The molecule has 0 unspecified atom stereocenters. The van der Waals surface area contributed by atoms with Gasteiger partial charge in [-0.1, -0.05) is 6.07 Å². The number of hydrogen-bond donors (Lipinski definition) is 1. The Morgan fingerprint density at radius 2 is 1.52 bits per heavy atom. The molecule has 1 aromatic carbocycles. The number of halogens is 6. The number of hydrogen-bond acceptors (Lipinski definition) is 4. The van der Waals surface area contributed by atoms with Crippen LogP contribution in [-0.2, 0) is 0 Å². The van der Waals surface area contributed by atoms with Crippen molar-refractivity contribution in [3.05, 3.63) is 24.4 Å². The fraction of sp³-hybridized carbons (Fsp3) is 0.182. The summed E-state index contributed by atoms with van der Waals surface area (Å²) in [6.45, 7) is 0. The highest BCUT2D eigenvalue weighted by atomic mass is 32.2. The number of nitrogens with zero attached hydrogens (tertiary/aromatic N) is 1. The smallest absolute Gasteiger partial charge is 0.446 e. The number of fused-ring (bicyclic) bond motifs is 1. The zero-order valence-electron chi connectivity index (χ0n) is 9.79. The van der Waals surface area contributed by atoms with Gasteiger partial charge in [0.15, 0.2) is 5.75 Å². The van der Waals surface area contributed by atoms with E-state index >= 15 is 0 Å². The van der Waals surface area contributed by atoms with E-state index in [0.29, 0.717) is 6.07 Å². The lowest BCUT2D eigenvalue weighted by atomic mass is 10.2. The maximum atomic E-state index is 12.5. The number of aromatic nitrogens is 1. The Morgan fingerprint density at radius 1 is 0.952 bits per heavy atom. The van der Waals surface area contributed by atoms with Crippen LogP contribution in [0.5, 0.6) is 5.75 Å². The molecule has 0 fully saturated rings. The summed E-state index contributed by atoms with van der Waals surface area (Å²) in [6, 6.07) is 3.24. The zero-order valence-corrected chi connectivity index (χ0v) is 11.4. The largest absolute Gasteiger partial charge is 0.505 e. The summed E-state index contributed by atoms with van der Waals surface area (Å²) in [7, 11) is 0. The summed E-state index contributed by atoms with van der Waals surface area (Å²) in [5, 5.41) is 9.70. The molecule has 2 rings (SSSR count). The Bertz CT molecular complexity index is 670. The molecule has 0 radical (unpaired) electrons. The summed E-state index contributed by atoms with van der Waals surface area (Å²) in [6.07, 6.45) is 1.17. The Kier molecular flexibility index (Phi) is 4.20. The van der Waals surface area contributed by atoms with Crippen LogP contribution in [0.25, 0.3) is 10.9 Å². The predicted octanol–water partition coefficient (Wildman–Crippen LogP) is 5.16. The number of rotatable bonds is 2. The highest BCUT2D eigenvalue weighted by Gasteiger charge is 2.34. The van der Waals surface area contributed by atoms with Gasteiger partial charge in [0.2, 0.25) is 0 Å². The number of benzene rings is 1. The number of alkyl halides is 6. The van der Waals surface area contributed by atoms with E-state index in [0.717, 1.165) is 0 Å². The minimum absolute atomic E-state index is 0.0659. The summed E-state index contributed by atoms with van der Waals surface area (Å²) >= 11 is -1.24. The number of phenolic OH excluding ortho intramolecular Hbond substituents is 1. The van der Waals surface area contributed by atoms with Crippen LogP contribution < -0.4 is 0 Å². The van der Waals surface area contributed by atoms with Gasteiger partial charge in [-0.15, -0.1) is 0 Å². The van der Waals surface area contributed by atoms with Crippen LogP contribution in [0.3, 0.4) is 0 Å². The molecule has 21 heavy (non-hydrogen) atoms. The van der Waals surface area contributed by atoms with Crippen LogP contribution in [0.4, 0.5) is 26.3 Å². The molecule has 0 bridgehead atoms. The van der Waals surface area contributed by atoms with E-state index in [-0.39, 0.29) is 10.9 Å². The highest BCUT2D eigenvalue weighted by molar-refractivity contribution is 8.01. The van der Waals surface area contributed by atoms with E-state index in [2.05, 4.69) is 4.98 Å². The van der Waals surface area contributed by atoms with Crippen molar-refractivity contribution in [2.75, 3.05) is 0 Å². The third-order valence-corrected chi connectivity index (χ3v) is 3.80. The monoisotopic (exact) mass is 345 g/mol. The zero-order chi connectivity index (χ0) is 15.8. The van der Waals surface area contributed by atoms with Gasteiger partial charge in [-0.05, 0) is 35.7 Å². The maximum absolute atomic E-state index is 12.5. The quantitative estimate of drug-likeness (QED) is 0.602. The van der Waals surface area contributed by atoms with Crippen molar-refractivity contribution >= 4 is 34.4 Å². The average Bonchev–Trinajstić information content (AvgIpc) is 2.32. The van der Waals surface area contributed by atoms with Gasteiger partial charge < -0.3 is 5.11 Å². The molecule has 1 aromatic heterocycles. The fourth-order valence-corrected chi connectivity index (χ4v) is 2.98. The van der Waals surface area contributed by atoms with Crippen molar-refractivity contribution in [1.82, 2.24) is 4.98 Å². The van der Waals surface area contributed by atoms with E-state index < -0.39 is 50.1 Å². The molecule has 0 amide bonds. The van der Waals surface area contributed by atoms with Crippen LogP contribution in [0.15, 0.2) is 34.2 Å². The molecule has 114 valence electrons. The van der Waals surface area contributed by atoms with E-state index in [4.69, 9.17) is 0 Å². The lowest BCUT2D eigenvalue weighted by Crippen LogP contribution is -2.02. The molecule has 0 aliphatic heterocycles. The number of aromatic hydroxyl groups is 1. The molecule has 0 saturated heterocycles. The van der Waals surface area contributed by atoms with Gasteiger partial charge >= 0.3 is 11.0 Å². The van der Waals surface area contributed by atoms with E-state index in [1.54, 1.807) is 0 Å². The standard InChI is InChI=1S/C11H5F6NOS2/c12-10(13,14)20-6-4-7(21-11(15,16)17)9(19)8-5(6)2-1-3-18-8/h1-4,19H. The van der Waals surface area contributed by atoms with Crippen LogP contribution in [0.2, 0.25) is 0 Å². The summed E-state index contributed by atoms with van der Waals surface area (Å²) in [5.74, 6) is -0.792. The number of thioether (sulfide) groups is 2. The van der Waals surface area contributed by atoms with Crippen molar-refractivity contribution < 1.29 is 31.4 Å². The molecule has 0 saturated carbocycles. The summed E-state index contributed by atoms with van der Waals surface area (Å²) in [5.41, 5.74) is -9.71. The first-order valence-corrected chi connectivity index (χ1v) is 6.82. The SMILES string of the molecule is Oc1c(SC(F)(F)F)cc(SC(F)(F)F)c2cccnc12.